The Hall–Kier alpha value is -2.16. The second kappa shape index (κ2) is 5.91. The van der Waals surface area contributed by atoms with E-state index in [0.29, 0.717) is 0 Å². The average Bonchev–Trinajstić information content (AvgIpc) is 3.00. The first kappa shape index (κ1) is 14.8. The molecule has 3 heteroatoms. The summed E-state index contributed by atoms with van der Waals surface area (Å²) in [5.41, 5.74) is 2.12. The summed E-state index contributed by atoms with van der Waals surface area (Å²) < 4.78 is 13.6. The maximum absolute atomic E-state index is 13.6. The highest BCUT2D eigenvalue weighted by Crippen LogP contribution is 2.42. The van der Waals surface area contributed by atoms with Gasteiger partial charge in [-0.25, -0.2) is 4.39 Å². The van der Waals surface area contributed by atoms with Crippen LogP contribution in [0.3, 0.4) is 0 Å². The quantitative estimate of drug-likeness (QED) is 0.882. The maximum atomic E-state index is 13.6. The zero-order chi connectivity index (χ0) is 15.6. The van der Waals surface area contributed by atoms with Crippen LogP contribution in [0.25, 0.3) is 0 Å². The highest BCUT2D eigenvalue weighted by Gasteiger charge is 2.42. The van der Waals surface area contributed by atoms with E-state index < -0.39 is 5.41 Å². The molecule has 0 saturated heterocycles. The van der Waals surface area contributed by atoms with Crippen molar-refractivity contribution in [2.45, 2.75) is 38.0 Å². The minimum atomic E-state index is -0.604. The second-order valence-electron chi connectivity index (χ2n) is 6.12. The summed E-state index contributed by atoms with van der Waals surface area (Å²) in [6.07, 6.45) is 3.54. The molecule has 0 bridgehead atoms. The third-order valence-corrected chi connectivity index (χ3v) is 4.58. The lowest BCUT2D eigenvalue weighted by atomic mass is 9.78. The third kappa shape index (κ3) is 2.76. The van der Waals surface area contributed by atoms with Crippen molar-refractivity contribution in [2.24, 2.45) is 0 Å². The van der Waals surface area contributed by atoms with Crippen molar-refractivity contribution in [3.8, 4) is 0 Å². The Morgan fingerprint density at radius 3 is 2.41 bits per heavy atom. The van der Waals surface area contributed by atoms with Crippen LogP contribution < -0.4 is 5.32 Å². The predicted octanol–water partition coefficient (Wildman–Crippen LogP) is 4.58. The van der Waals surface area contributed by atoms with Crippen molar-refractivity contribution in [2.75, 3.05) is 5.32 Å². The molecule has 114 valence electrons. The van der Waals surface area contributed by atoms with Crippen LogP contribution in [-0.4, -0.2) is 5.91 Å². The molecule has 3 rings (SSSR count). The summed E-state index contributed by atoms with van der Waals surface area (Å²) >= 11 is 0. The van der Waals surface area contributed by atoms with E-state index in [-0.39, 0.29) is 11.7 Å². The number of rotatable bonds is 3. The first-order valence-electron chi connectivity index (χ1n) is 7.74. The van der Waals surface area contributed by atoms with Crippen LogP contribution in [0.1, 0.15) is 36.8 Å². The number of carbonyl (C=O) groups excluding carboxylic acids is 1. The lowest BCUT2D eigenvalue weighted by Gasteiger charge is -2.28. The molecular formula is C19H20FNO. The molecule has 1 N–H and O–H groups in total. The van der Waals surface area contributed by atoms with Gasteiger partial charge in [-0.05, 0) is 49.6 Å². The number of aryl methyl sites for hydroxylation is 1. The molecule has 1 saturated carbocycles. The normalized spacial score (nSPS) is 16.5. The number of hydrogen-bond acceptors (Lipinski definition) is 1. The van der Waals surface area contributed by atoms with Crippen molar-refractivity contribution in [1.82, 2.24) is 0 Å². The molecule has 0 unspecified atom stereocenters. The van der Waals surface area contributed by atoms with Gasteiger partial charge in [0.15, 0.2) is 0 Å². The lowest BCUT2D eigenvalue weighted by Crippen LogP contribution is -2.38. The maximum Gasteiger partial charge on any atom is 0.235 e. The summed E-state index contributed by atoms with van der Waals surface area (Å²) in [5.74, 6) is -0.314. The van der Waals surface area contributed by atoms with E-state index in [4.69, 9.17) is 0 Å². The SMILES string of the molecule is Cc1ccc(NC(=O)C2(c3cccc(F)c3)CCCC2)cc1. The second-order valence-corrected chi connectivity index (χ2v) is 6.12. The van der Waals surface area contributed by atoms with Crippen LogP contribution in [0.5, 0.6) is 0 Å². The van der Waals surface area contributed by atoms with E-state index in [2.05, 4.69) is 5.32 Å². The molecule has 2 nitrogen and oxygen atoms in total. The summed E-state index contributed by atoms with van der Waals surface area (Å²) in [6, 6.07) is 14.2. The van der Waals surface area contributed by atoms with Gasteiger partial charge in [0.2, 0.25) is 5.91 Å². The van der Waals surface area contributed by atoms with E-state index in [1.165, 1.54) is 12.1 Å². The van der Waals surface area contributed by atoms with E-state index >= 15 is 0 Å². The number of nitrogens with one attached hydrogen (secondary N) is 1. The Balaban J connectivity index is 1.90. The van der Waals surface area contributed by atoms with E-state index in [1.54, 1.807) is 6.07 Å². The van der Waals surface area contributed by atoms with Gasteiger partial charge >= 0.3 is 0 Å². The van der Waals surface area contributed by atoms with Crippen molar-refractivity contribution < 1.29 is 9.18 Å². The summed E-state index contributed by atoms with van der Waals surface area (Å²) in [6.45, 7) is 2.01. The summed E-state index contributed by atoms with van der Waals surface area (Å²) in [5, 5.41) is 3.01. The van der Waals surface area contributed by atoms with E-state index in [1.807, 2.05) is 37.3 Å². The zero-order valence-electron chi connectivity index (χ0n) is 12.7. The fourth-order valence-electron chi connectivity index (χ4n) is 3.30. The minimum Gasteiger partial charge on any atom is -0.325 e. The van der Waals surface area contributed by atoms with Crippen LogP contribution in [0.15, 0.2) is 48.5 Å². The zero-order valence-corrected chi connectivity index (χ0v) is 12.7. The predicted molar refractivity (Wildman–Crippen MR) is 86.4 cm³/mol. The first-order valence-corrected chi connectivity index (χ1v) is 7.74. The molecule has 1 aliphatic carbocycles. The Morgan fingerprint density at radius 2 is 1.77 bits per heavy atom. The van der Waals surface area contributed by atoms with Gasteiger partial charge in [0.1, 0.15) is 5.82 Å². The van der Waals surface area contributed by atoms with Crippen molar-refractivity contribution in [3.63, 3.8) is 0 Å². The highest BCUT2D eigenvalue weighted by atomic mass is 19.1. The Labute approximate surface area is 130 Å². The number of halogens is 1. The molecule has 1 aliphatic rings. The van der Waals surface area contributed by atoms with Gasteiger partial charge in [-0.3, -0.25) is 4.79 Å². The molecular weight excluding hydrogens is 277 g/mol. The van der Waals surface area contributed by atoms with Crippen molar-refractivity contribution in [3.05, 3.63) is 65.5 Å². The van der Waals surface area contributed by atoms with Gasteiger partial charge < -0.3 is 5.32 Å². The fraction of sp³-hybridized carbons (Fsp3) is 0.316. The summed E-state index contributed by atoms with van der Waals surface area (Å²) in [4.78, 5) is 12.9. The van der Waals surface area contributed by atoms with Crippen LogP contribution in [0.2, 0.25) is 0 Å². The molecule has 0 atom stereocenters. The van der Waals surface area contributed by atoms with Crippen LogP contribution in [0, 0.1) is 12.7 Å². The monoisotopic (exact) mass is 297 g/mol. The van der Waals surface area contributed by atoms with Crippen LogP contribution in [-0.2, 0) is 10.2 Å². The number of benzene rings is 2. The Kier molecular flexibility index (Phi) is 3.97. The topological polar surface area (TPSA) is 29.1 Å². The highest BCUT2D eigenvalue weighted by molar-refractivity contribution is 5.99. The van der Waals surface area contributed by atoms with Gasteiger partial charge in [0.25, 0.3) is 0 Å². The third-order valence-electron chi connectivity index (χ3n) is 4.58. The van der Waals surface area contributed by atoms with Crippen molar-refractivity contribution >= 4 is 11.6 Å². The molecule has 2 aromatic carbocycles. The molecule has 0 spiro atoms. The molecule has 0 radical (unpaired) electrons. The Bertz CT molecular complexity index is 672. The minimum absolute atomic E-state index is 0.0283. The molecule has 0 heterocycles. The largest absolute Gasteiger partial charge is 0.325 e. The van der Waals surface area contributed by atoms with Crippen LogP contribution >= 0.6 is 0 Å². The number of anilines is 1. The average molecular weight is 297 g/mol. The lowest BCUT2D eigenvalue weighted by molar-refractivity contribution is -0.121. The standard InChI is InChI=1S/C19H20FNO/c1-14-7-9-17(10-8-14)21-18(22)19(11-2-3-12-19)15-5-4-6-16(20)13-15/h4-10,13H,2-3,11-12H2,1H3,(H,21,22). The van der Waals surface area contributed by atoms with E-state index in [0.717, 1.165) is 42.5 Å². The molecule has 0 aromatic heterocycles. The number of carbonyl (C=O) groups is 1. The van der Waals surface area contributed by atoms with Gasteiger partial charge in [-0.15, -0.1) is 0 Å². The molecule has 0 aliphatic heterocycles. The van der Waals surface area contributed by atoms with Gasteiger partial charge in [-0.1, -0.05) is 42.7 Å². The van der Waals surface area contributed by atoms with Gasteiger partial charge in [0, 0.05) is 5.69 Å². The molecule has 22 heavy (non-hydrogen) atoms. The molecule has 1 fully saturated rings. The Morgan fingerprint density at radius 1 is 1.09 bits per heavy atom. The number of amides is 1. The van der Waals surface area contributed by atoms with Crippen LogP contribution in [0.4, 0.5) is 10.1 Å². The van der Waals surface area contributed by atoms with Gasteiger partial charge in [0.05, 0.1) is 5.41 Å². The fourth-order valence-corrected chi connectivity index (χ4v) is 3.30. The molecule has 1 amide bonds. The smallest absolute Gasteiger partial charge is 0.235 e. The summed E-state index contributed by atoms with van der Waals surface area (Å²) in [7, 11) is 0. The van der Waals surface area contributed by atoms with Gasteiger partial charge in [-0.2, -0.15) is 0 Å². The molecule has 2 aromatic rings. The number of hydrogen-bond donors (Lipinski definition) is 1. The van der Waals surface area contributed by atoms with Crippen molar-refractivity contribution in [1.29, 1.82) is 0 Å². The van der Waals surface area contributed by atoms with E-state index in [9.17, 15) is 9.18 Å². The first-order chi connectivity index (χ1) is 10.6.